The van der Waals surface area contributed by atoms with E-state index in [0.717, 1.165) is 5.39 Å². The van der Waals surface area contributed by atoms with E-state index in [9.17, 15) is 9.59 Å². The number of benzene rings is 2. The van der Waals surface area contributed by atoms with E-state index in [2.05, 4.69) is 5.32 Å². The molecule has 0 saturated carbocycles. The molecule has 1 heterocycles. The van der Waals surface area contributed by atoms with Crippen LogP contribution in [0.5, 0.6) is 5.75 Å². The van der Waals surface area contributed by atoms with Gasteiger partial charge in [-0.15, -0.1) is 0 Å². The van der Waals surface area contributed by atoms with Gasteiger partial charge in [0.25, 0.3) is 5.91 Å². The van der Waals surface area contributed by atoms with Crippen LogP contribution < -0.4 is 15.8 Å². The van der Waals surface area contributed by atoms with Crippen LogP contribution in [0.2, 0.25) is 0 Å². The van der Waals surface area contributed by atoms with Crippen LogP contribution in [0.1, 0.15) is 29.3 Å². The molecule has 4 N–H and O–H groups in total. The lowest BCUT2D eigenvalue weighted by atomic mass is 10.00. The zero-order valence-electron chi connectivity index (χ0n) is 14.7. The number of rotatable bonds is 6. The lowest BCUT2D eigenvalue weighted by Crippen LogP contribution is -2.36. The number of ether oxygens (including phenoxy) is 1. The first-order valence-corrected chi connectivity index (χ1v) is 8.35. The molecule has 1 aromatic heterocycles. The van der Waals surface area contributed by atoms with Crippen molar-refractivity contribution in [3.63, 3.8) is 0 Å². The topological polar surface area (TPSA) is 118 Å². The number of para-hydroxylation sites is 1. The molecule has 0 aliphatic heterocycles. The number of hydrogen-bond donors (Lipinski definition) is 3. The number of carbonyl (C=O) groups excluding carboxylic acids is 2. The largest absolute Gasteiger partial charge is 0.471 e. The summed E-state index contributed by atoms with van der Waals surface area (Å²) in [7, 11) is 0. The minimum atomic E-state index is -0.476. The molecule has 0 saturated heterocycles. The van der Waals surface area contributed by atoms with E-state index in [-0.39, 0.29) is 17.8 Å². The van der Waals surface area contributed by atoms with Crippen LogP contribution >= 0.6 is 0 Å². The maximum Gasteiger partial charge on any atom is 0.313 e. The molecule has 0 aliphatic carbocycles. The third kappa shape index (κ3) is 4.14. The Morgan fingerprint density at radius 2 is 1.93 bits per heavy atom. The number of amidine groups is 1. The highest BCUT2D eigenvalue weighted by Gasteiger charge is 2.21. The first-order chi connectivity index (χ1) is 13.0. The summed E-state index contributed by atoms with van der Waals surface area (Å²) in [5, 5.41) is 11.7. The fraction of sp³-hybridized carbons (Fsp3) is 0.150. The Morgan fingerprint density at radius 1 is 1.19 bits per heavy atom. The van der Waals surface area contributed by atoms with Gasteiger partial charge in [-0.25, -0.2) is 0 Å². The van der Waals surface area contributed by atoms with Crippen molar-refractivity contribution in [1.82, 2.24) is 5.32 Å². The Kier molecular flexibility index (Phi) is 5.21. The standard InChI is InChI=1S/C20H19N3O4/c1-12(9-17(24)27-14-5-3-2-4-6-14)23-20(25)18-15(19(21)22)8-7-13-10-26-11-16(13)18/h2-8,10-12H,9H2,1H3,(H3,21,22)(H,23,25). The summed E-state index contributed by atoms with van der Waals surface area (Å²) in [5.74, 6) is -0.669. The first-order valence-electron chi connectivity index (χ1n) is 8.35. The van der Waals surface area contributed by atoms with Gasteiger partial charge in [0.05, 0.1) is 24.5 Å². The number of hydrogen-bond acceptors (Lipinski definition) is 5. The Bertz CT molecular complexity index is 995. The molecule has 0 aliphatic rings. The Balaban J connectivity index is 1.72. The number of esters is 1. The van der Waals surface area contributed by atoms with Crippen molar-refractivity contribution < 1.29 is 18.7 Å². The van der Waals surface area contributed by atoms with Gasteiger partial charge in [-0.05, 0) is 25.1 Å². The van der Waals surface area contributed by atoms with Crippen LogP contribution in [-0.4, -0.2) is 23.8 Å². The molecule has 0 spiro atoms. The Labute approximate surface area is 155 Å². The number of nitrogens with one attached hydrogen (secondary N) is 2. The average Bonchev–Trinajstić information content (AvgIpc) is 3.09. The van der Waals surface area contributed by atoms with E-state index in [1.807, 2.05) is 6.07 Å². The van der Waals surface area contributed by atoms with Crippen molar-refractivity contribution in [2.75, 3.05) is 0 Å². The number of amides is 1. The van der Waals surface area contributed by atoms with E-state index in [1.54, 1.807) is 43.3 Å². The highest BCUT2D eigenvalue weighted by molar-refractivity contribution is 6.15. The normalized spacial score (nSPS) is 11.7. The quantitative estimate of drug-likeness (QED) is 0.269. The molecule has 27 heavy (non-hydrogen) atoms. The molecule has 1 unspecified atom stereocenters. The number of nitrogen functional groups attached to an aromatic ring is 1. The molecule has 0 bridgehead atoms. The number of nitrogens with two attached hydrogens (primary N) is 1. The molecule has 3 rings (SSSR count). The molecule has 0 fully saturated rings. The molecule has 1 amide bonds. The van der Waals surface area contributed by atoms with Gasteiger partial charge in [0.2, 0.25) is 0 Å². The fourth-order valence-electron chi connectivity index (χ4n) is 2.77. The van der Waals surface area contributed by atoms with Crippen molar-refractivity contribution in [1.29, 1.82) is 5.41 Å². The summed E-state index contributed by atoms with van der Waals surface area (Å²) in [6, 6.07) is 11.6. The number of carbonyl (C=O) groups is 2. The molecular weight excluding hydrogens is 346 g/mol. The van der Waals surface area contributed by atoms with Gasteiger partial charge >= 0.3 is 5.97 Å². The predicted molar refractivity (Wildman–Crippen MR) is 101 cm³/mol. The van der Waals surface area contributed by atoms with Crippen molar-refractivity contribution >= 4 is 28.5 Å². The summed E-state index contributed by atoms with van der Waals surface area (Å²) in [5.41, 5.74) is 6.16. The Morgan fingerprint density at radius 3 is 2.63 bits per heavy atom. The van der Waals surface area contributed by atoms with Crippen molar-refractivity contribution in [3.05, 3.63) is 66.1 Å². The second-order valence-corrected chi connectivity index (χ2v) is 6.14. The van der Waals surface area contributed by atoms with Gasteiger partial charge in [-0.3, -0.25) is 15.0 Å². The van der Waals surface area contributed by atoms with Gasteiger partial charge in [0, 0.05) is 22.4 Å². The maximum absolute atomic E-state index is 12.8. The lowest BCUT2D eigenvalue weighted by molar-refractivity contribution is -0.134. The lowest BCUT2D eigenvalue weighted by Gasteiger charge is -2.15. The highest BCUT2D eigenvalue weighted by Crippen LogP contribution is 2.24. The zero-order valence-corrected chi connectivity index (χ0v) is 14.7. The van der Waals surface area contributed by atoms with E-state index in [1.165, 1.54) is 12.5 Å². The summed E-state index contributed by atoms with van der Waals surface area (Å²) in [6.07, 6.45) is 2.94. The SMILES string of the molecule is CC(CC(=O)Oc1ccccc1)NC(=O)c1c(C(=N)N)ccc2cocc12. The van der Waals surface area contributed by atoms with E-state index in [0.29, 0.717) is 16.7 Å². The first kappa shape index (κ1) is 18.2. The van der Waals surface area contributed by atoms with Gasteiger partial charge in [-0.2, -0.15) is 0 Å². The van der Waals surface area contributed by atoms with Crippen molar-refractivity contribution in [2.45, 2.75) is 19.4 Å². The monoisotopic (exact) mass is 365 g/mol. The minimum absolute atomic E-state index is 0.00258. The summed E-state index contributed by atoms with van der Waals surface area (Å²) in [6.45, 7) is 1.70. The zero-order chi connectivity index (χ0) is 19.4. The molecule has 1 atom stereocenters. The van der Waals surface area contributed by atoms with Crippen molar-refractivity contribution in [3.8, 4) is 5.75 Å². The third-order valence-electron chi connectivity index (χ3n) is 4.00. The van der Waals surface area contributed by atoms with Gasteiger partial charge in [-0.1, -0.05) is 24.3 Å². The molecule has 2 aromatic carbocycles. The van der Waals surface area contributed by atoms with E-state index in [4.69, 9.17) is 20.3 Å². The minimum Gasteiger partial charge on any atom is -0.471 e. The third-order valence-corrected chi connectivity index (χ3v) is 4.00. The number of furan rings is 1. The van der Waals surface area contributed by atoms with Gasteiger partial charge in [0.15, 0.2) is 0 Å². The molecule has 0 radical (unpaired) electrons. The van der Waals surface area contributed by atoms with Crippen LogP contribution in [0.25, 0.3) is 10.8 Å². The summed E-state index contributed by atoms with van der Waals surface area (Å²) in [4.78, 5) is 24.8. The highest BCUT2D eigenvalue weighted by atomic mass is 16.5. The second kappa shape index (κ2) is 7.74. The molecule has 7 nitrogen and oxygen atoms in total. The van der Waals surface area contributed by atoms with Crippen LogP contribution in [0.4, 0.5) is 0 Å². The fourth-order valence-corrected chi connectivity index (χ4v) is 2.77. The van der Waals surface area contributed by atoms with Crippen LogP contribution in [0.3, 0.4) is 0 Å². The molecule has 138 valence electrons. The molecular formula is C20H19N3O4. The molecule has 7 heteroatoms. The number of fused-ring (bicyclic) bond motifs is 1. The van der Waals surface area contributed by atoms with Gasteiger partial charge < -0.3 is 20.2 Å². The maximum atomic E-state index is 12.8. The Hall–Kier alpha value is -3.61. The predicted octanol–water partition coefficient (Wildman–Crippen LogP) is 2.83. The van der Waals surface area contributed by atoms with Crippen LogP contribution in [0, 0.1) is 5.41 Å². The van der Waals surface area contributed by atoms with Crippen LogP contribution in [0.15, 0.2) is 59.4 Å². The molecule has 3 aromatic rings. The van der Waals surface area contributed by atoms with Gasteiger partial charge in [0.1, 0.15) is 11.6 Å². The second-order valence-electron chi connectivity index (χ2n) is 6.14. The summed E-state index contributed by atoms with van der Waals surface area (Å²) >= 11 is 0. The smallest absolute Gasteiger partial charge is 0.313 e. The summed E-state index contributed by atoms with van der Waals surface area (Å²) < 4.78 is 10.4. The van der Waals surface area contributed by atoms with Crippen LogP contribution in [-0.2, 0) is 4.79 Å². The van der Waals surface area contributed by atoms with E-state index >= 15 is 0 Å². The van der Waals surface area contributed by atoms with E-state index < -0.39 is 17.9 Å². The average molecular weight is 365 g/mol. The van der Waals surface area contributed by atoms with Crippen molar-refractivity contribution in [2.24, 2.45) is 5.73 Å².